The van der Waals surface area contributed by atoms with E-state index in [9.17, 15) is 0 Å². The van der Waals surface area contributed by atoms with Gasteiger partial charge in [-0.25, -0.2) is 4.98 Å². The van der Waals surface area contributed by atoms with E-state index in [2.05, 4.69) is 20.4 Å². The second-order valence-electron chi connectivity index (χ2n) is 2.36. The van der Waals surface area contributed by atoms with E-state index in [1.165, 1.54) is 0 Å². The minimum atomic E-state index is 0.653. The van der Waals surface area contributed by atoms with Crippen molar-refractivity contribution in [2.24, 2.45) is 7.05 Å². The number of aromatic nitrogens is 5. The lowest BCUT2D eigenvalue weighted by Gasteiger charge is -1.92. The van der Waals surface area contributed by atoms with Crippen molar-refractivity contribution < 1.29 is 0 Å². The molecule has 5 heteroatoms. The van der Waals surface area contributed by atoms with Crippen molar-refractivity contribution in [1.82, 2.24) is 25.0 Å². The first-order valence-corrected chi connectivity index (χ1v) is 3.26. The maximum Gasteiger partial charge on any atom is 0.203 e. The Labute approximate surface area is 63.1 Å². The lowest BCUT2D eigenvalue weighted by Crippen LogP contribution is -1.91. The maximum absolute atomic E-state index is 4.16. The molecule has 0 saturated carbocycles. The molecular formula is C6H7N5. The summed E-state index contributed by atoms with van der Waals surface area (Å²) in [5.74, 6) is 0.919. The highest BCUT2D eigenvalue weighted by molar-refractivity contribution is 5.69. The summed E-state index contributed by atoms with van der Waals surface area (Å²) >= 11 is 0. The molecule has 0 bridgehead atoms. The van der Waals surface area contributed by atoms with E-state index in [0.717, 1.165) is 11.3 Å². The quantitative estimate of drug-likeness (QED) is 0.531. The summed E-state index contributed by atoms with van der Waals surface area (Å²) in [6, 6.07) is 0. The van der Waals surface area contributed by atoms with Gasteiger partial charge in [-0.2, -0.15) is 0 Å². The second-order valence-corrected chi connectivity index (χ2v) is 2.36. The van der Waals surface area contributed by atoms with Crippen LogP contribution in [0.15, 0.2) is 6.20 Å². The van der Waals surface area contributed by atoms with Crippen molar-refractivity contribution in [2.75, 3.05) is 0 Å². The number of imidazole rings is 1. The molecule has 5 nitrogen and oxygen atoms in total. The summed E-state index contributed by atoms with van der Waals surface area (Å²) < 4.78 is 1.93. The lowest BCUT2D eigenvalue weighted by atomic mass is 10.6. The number of nitrogens with zero attached hydrogens (tertiary/aromatic N) is 5. The molecule has 0 spiro atoms. The third-order valence-electron chi connectivity index (χ3n) is 1.71. The summed E-state index contributed by atoms with van der Waals surface area (Å²) in [6.07, 6.45) is 1.66. The molecule has 0 saturated heterocycles. The van der Waals surface area contributed by atoms with Gasteiger partial charge in [-0.1, -0.05) is 0 Å². The van der Waals surface area contributed by atoms with Crippen LogP contribution in [0.1, 0.15) is 5.82 Å². The standard InChI is InChI=1S/C6H7N5/c1-4-8-6-5(11(4)2)3-7-10-9-6/h3H,1-2H3. The van der Waals surface area contributed by atoms with Crippen LogP contribution in [0.2, 0.25) is 0 Å². The van der Waals surface area contributed by atoms with Crippen molar-refractivity contribution in [3.63, 3.8) is 0 Å². The molecule has 2 heterocycles. The molecule has 0 aromatic carbocycles. The van der Waals surface area contributed by atoms with Crippen LogP contribution in [-0.4, -0.2) is 25.0 Å². The number of fused-ring (bicyclic) bond motifs is 1. The number of hydrogen-bond donors (Lipinski definition) is 0. The van der Waals surface area contributed by atoms with Gasteiger partial charge in [-0.3, -0.25) is 0 Å². The highest BCUT2D eigenvalue weighted by Gasteiger charge is 2.03. The number of aryl methyl sites for hydroxylation is 2. The van der Waals surface area contributed by atoms with Gasteiger partial charge in [0.05, 0.1) is 6.20 Å². The van der Waals surface area contributed by atoms with Gasteiger partial charge in [0, 0.05) is 7.05 Å². The van der Waals surface area contributed by atoms with E-state index < -0.39 is 0 Å². The minimum Gasteiger partial charge on any atom is -0.329 e. The fourth-order valence-electron chi connectivity index (χ4n) is 0.976. The largest absolute Gasteiger partial charge is 0.329 e. The fourth-order valence-corrected chi connectivity index (χ4v) is 0.976. The van der Waals surface area contributed by atoms with Crippen molar-refractivity contribution in [2.45, 2.75) is 6.92 Å². The summed E-state index contributed by atoms with van der Waals surface area (Å²) in [6.45, 7) is 1.92. The van der Waals surface area contributed by atoms with Crippen LogP contribution < -0.4 is 0 Å². The summed E-state index contributed by atoms with van der Waals surface area (Å²) in [4.78, 5) is 4.16. The molecule has 11 heavy (non-hydrogen) atoms. The topological polar surface area (TPSA) is 56.5 Å². The maximum atomic E-state index is 4.16. The fraction of sp³-hybridized carbons (Fsp3) is 0.333. The van der Waals surface area contributed by atoms with Gasteiger partial charge in [0.25, 0.3) is 0 Å². The zero-order chi connectivity index (χ0) is 7.84. The number of hydrogen-bond acceptors (Lipinski definition) is 4. The zero-order valence-electron chi connectivity index (χ0n) is 6.31. The Morgan fingerprint density at radius 3 is 3.00 bits per heavy atom. The zero-order valence-corrected chi connectivity index (χ0v) is 6.31. The van der Waals surface area contributed by atoms with Crippen LogP contribution >= 0.6 is 0 Å². The Morgan fingerprint density at radius 2 is 2.27 bits per heavy atom. The molecule has 0 aliphatic rings. The third-order valence-corrected chi connectivity index (χ3v) is 1.71. The molecule has 0 fully saturated rings. The highest BCUT2D eigenvalue weighted by Crippen LogP contribution is 2.07. The molecule has 0 aliphatic carbocycles. The van der Waals surface area contributed by atoms with E-state index >= 15 is 0 Å². The van der Waals surface area contributed by atoms with Crippen LogP contribution in [0.5, 0.6) is 0 Å². The Morgan fingerprint density at radius 1 is 1.45 bits per heavy atom. The van der Waals surface area contributed by atoms with Crippen LogP contribution in [0.4, 0.5) is 0 Å². The monoisotopic (exact) mass is 149 g/mol. The van der Waals surface area contributed by atoms with Crippen LogP contribution in [0, 0.1) is 6.92 Å². The molecule has 0 atom stereocenters. The predicted molar refractivity (Wildman–Crippen MR) is 38.8 cm³/mol. The van der Waals surface area contributed by atoms with E-state index in [4.69, 9.17) is 0 Å². The molecule has 0 aliphatic heterocycles. The highest BCUT2D eigenvalue weighted by atomic mass is 15.3. The second kappa shape index (κ2) is 1.98. The summed E-state index contributed by atoms with van der Waals surface area (Å²) in [7, 11) is 1.92. The average Bonchev–Trinajstić information content (AvgIpc) is 2.30. The van der Waals surface area contributed by atoms with E-state index in [1.807, 2.05) is 18.5 Å². The van der Waals surface area contributed by atoms with Gasteiger partial charge in [0.15, 0.2) is 0 Å². The van der Waals surface area contributed by atoms with Crippen molar-refractivity contribution in [1.29, 1.82) is 0 Å². The SMILES string of the molecule is Cc1nc2nnncc2n1C. The van der Waals surface area contributed by atoms with Crippen LogP contribution in [-0.2, 0) is 7.05 Å². The third kappa shape index (κ3) is 0.772. The van der Waals surface area contributed by atoms with Crippen molar-refractivity contribution >= 4 is 11.2 Å². The van der Waals surface area contributed by atoms with Crippen molar-refractivity contribution in [3.05, 3.63) is 12.0 Å². The summed E-state index contributed by atoms with van der Waals surface area (Å²) in [5, 5.41) is 10.9. The molecule has 56 valence electrons. The van der Waals surface area contributed by atoms with Gasteiger partial charge in [0.1, 0.15) is 11.3 Å². The molecule has 2 rings (SSSR count). The van der Waals surface area contributed by atoms with Crippen LogP contribution in [0.25, 0.3) is 11.2 Å². The molecule has 0 radical (unpaired) electrons. The Kier molecular flexibility index (Phi) is 1.12. The van der Waals surface area contributed by atoms with Gasteiger partial charge >= 0.3 is 0 Å². The Hall–Kier alpha value is -1.52. The lowest BCUT2D eigenvalue weighted by molar-refractivity contribution is 0.870. The number of rotatable bonds is 0. The molecule has 0 unspecified atom stereocenters. The summed E-state index contributed by atoms with van der Waals surface area (Å²) in [5.41, 5.74) is 1.57. The van der Waals surface area contributed by atoms with Gasteiger partial charge in [0.2, 0.25) is 5.65 Å². The molecule has 2 aromatic rings. The normalized spacial score (nSPS) is 10.7. The van der Waals surface area contributed by atoms with E-state index in [-0.39, 0.29) is 0 Å². The Bertz CT molecular complexity index is 391. The molecule has 2 aromatic heterocycles. The Balaban J connectivity index is 2.92. The first kappa shape index (κ1) is 6.21. The van der Waals surface area contributed by atoms with E-state index in [1.54, 1.807) is 6.20 Å². The van der Waals surface area contributed by atoms with Crippen LogP contribution in [0.3, 0.4) is 0 Å². The van der Waals surface area contributed by atoms with Crippen molar-refractivity contribution in [3.8, 4) is 0 Å². The van der Waals surface area contributed by atoms with E-state index in [0.29, 0.717) is 5.65 Å². The molecule has 0 N–H and O–H groups in total. The van der Waals surface area contributed by atoms with Gasteiger partial charge in [-0.15, -0.1) is 10.2 Å². The molecule has 0 amide bonds. The first-order chi connectivity index (χ1) is 5.29. The average molecular weight is 149 g/mol. The van der Waals surface area contributed by atoms with Gasteiger partial charge in [-0.05, 0) is 12.1 Å². The smallest absolute Gasteiger partial charge is 0.203 e. The van der Waals surface area contributed by atoms with Gasteiger partial charge < -0.3 is 4.57 Å². The minimum absolute atomic E-state index is 0.653. The molecular weight excluding hydrogens is 142 g/mol. The first-order valence-electron chi connectivity index (χ1n) is 3.26. The predicted octanol–water partition coefficient (Wildman–Crippen LogP) is 0.0667.